The fraction of sp³-hybridized carbons (Fsp3) is 1.00. The molecule has 0 aromatic rings. The Hall–Kier alpha value is -0.120. The van der Waals surface area contributed by atoms with E-state index in [2.05, 4.69) is 5.32 Å². The molecule has 1 aliphatic rings. The Morgan fingerprint density at radius 2 is 2.50 bits per heavy atom. The smallest absolute Gasteiger partial charge is 0.0826 e. The van der Waals surface area contributed by atoms with Crippen molar-refractivity contribution in [2.75, 3.05) is 26.7 Å². The predicted octanol–water partition coefficient (Wildman–Crippen LogP) is -0.286. The Morgan fingerprint density at radius 1 is 1.70 bits per heavy atom. The van der Waals surface area contributed by atoms with Gasteiger partial charge in [0.05, 0.1) is 5.60 Å². The summed E-state index contributed by atoms with van der Waals surface area (Å²) in [7, 11) is 1.77. The Balaban J connectivity index is 2.41. The zero-order valence-electron chi connectivity index (χ0n) is 6.52. The van der Waals surface area contributed by atoms with Gasteiger partial charge in [0, 0.05) is 13.7 Å². The molecule has 1 unspecified atom stereocenters. The van der Waals surface area contributed by atoms with E-state index in [0.29, 0.717) is 0 Å². The van der Waals surface area contributed by atoms with Gasteiger partial charge in [-0.25, -0.2) is 0 Å². The van der Waals surface area contributed by atoms with Gasteiger partial charge < -0.3 is 15.8 Å². The lowest BCUT2D eigenvalue weighted by Gasteiger charge is -2.25. The van der Waals surface area contributed by atoms with Crippen LogP contribution >= 0.6 is 0 Å². The Labute approximate surface area is 61.9 Å². The van der Waals surface area contributed by atoms with Crippen LogP contribution in [0.5, 0.6) is 0 Å². The van der Waals surface area contributed by atoms with Crippen LogP contribution in [0, 0.1) is 0 Å². The number of hydrogen-bond donors (Lipinski definition) is 2. The minimum atomic E-state index is 0.0503. The van der Waals surface area contributed by atoms with E-state index in [0.717, 1.165) is 32.5 Å². The van der Waals surface area contributed by atoms with Crippen LogP contribution in [0.3, 0.4) is 0 Å². The SMILES string of the molecule is COC1(CCN)CCNC1. The number of hydrogen-bond acceptors (Lipinski definition) is 3. The summed E-state index contributed by atoms with van der Waals surface area (Å²) in [5.74, 6) is 0. The van der Waals surface area contributed by atoms with E-state index in [9.17, 15) is 0 Å². The molecule has 0 radical (unpaired) electrons. The molecule has 1 rings (SSSR count). The average molecular weight is 144 g/mol. The molecule has 0 aromatic heterocycles. The van der Waals surface area contributed by atoms with Crippen molar-refractivity contribution in [2.45, 2.75) is 18.4 Å². The first-order valence-electron chi connectivity index (χ1n) is 3.79. The molecule has 60 valence electrons. The third-order valence-corrected chi connectivity index (χ3v) is 2.24. The van der Waals surface area contributed by atoms with E-state index in [4.69, 9.17) is 10.5 Å². The highest BCUT2D eigenvalue weighted by Gasteiger charge is 2.32. The summed E-state index contributed by atoms with van der Waals surface area (Å²) >= 11 is 0. The lowest BCUT2D eigenvalue weighted by molar-refractivity contribution is 0.00233. The molecule has 10 heavy (non-hydrogen) atoms. The Kier molecular flexibility index (Phi) is 2.65. The van der Waals surface area contributed by atoms with E-state index in [1.165, 1.54) is 0 Å². The van der Waals surface area contributed by atoms with Crippen LogP contribution in [-0.4, -0.2) is 32.3 Å². The molecular formula is C7H16N2O. The Bertz CT molecular complexity index is 99.8. The van der Waals surface area contributed by atoms with Crippen molar-refractivity contribution < 1.29 is 4.74 Å². The average Bonchev–Trinajstić information content (AvgIpc) is 2.39. The molecule has 3 N–H and O–H groups in total. The number of rotatable bonds is 3. The molecule has 1 aliphatic heterocycles. The first-order valence-corrected chi connectivity index (χ1v) is 3.79. The lowest BCUT2D eigenvalue weighted by atomic mass is 9.99. The number of nitrogens with two attached hydrogens (primary N) is 1. The molecule has 0 aliphatic carbocycles. The van der Waals surface area contributed by atoms with Gasteiger partial charge in [-0.1, -0.05) is 0 Å². The largest absolute Gasteiger partial charge is 0.377 e. The minimum absolute atomic E-state index is 0.0503. The van der Waals surface area contributed by atoms with Gasteiger partial charge in [0.25, 0.3) is 0 Å². The van der Waals surface area contributed by atoms with Gasteiger partial charge in [0.2, 0.25) is 0 Å². The maximum atomic E-state index is 5.46. The summed E-state index contributed by atoms with van der Waals surface area (Å²) in [5.41, 5.74) is 5.51. The molecule has 3 nitrogen and oxygen atoms in total. The van der Waals surface area contributed by atoms with E-state index in [-0.39, 0.29) is 5.60 Å². The van der Waals surface area contributed by atoms with Crippen LogP contribution in [0.4, 0.5) is 0 Å². The van der Waals surface area contributed by atoms with Gasteiger partial charge in [0.15, 0.2) is 0 Å². The zero-order valence-corrected chi connectivity index (χ0v) is 6.52. The zero-order chi connectivity index (χ0) is 7.45. The molecule has 0 aromatic carbocycles. The van der Waals surface area contributed by atoms with Crippen LogP contribution in [-0.2, 0) is 4.74 Å². The maximum Gasteiger partial charge on any atom is 0.0826 e. The van der Waals surface area contributed by atoms with Gasteiger partial charge in [-0.3, -0.25) is 0 Å². The molecular weight excluding hydrogens is 128 g/mol. The van der Waals surface area contributed by atoms with Crippen molar-refractivity contribution in [1.29, 1.82) is 0 Å². The maximum absolute atomic E-state index is 5.46. The standard InChI is InChI=1S/C7H16N2O/c1-10-7(2-4-8)3-5-9-6-7/h9H,2-6,8H2,1H3. The van der Waals surface area contributed by atoms with Crippen molar-refractivity contribution in [3.63, 3.8) is 0 Å². The first kappa shape index (κ1) is 7.98. The van der Waals surface area contributed by atoms with Gasteiger partial charge in [-0.05, 0) is 25.9 Å². The van der Waals surface area contributed by atoms with Gasteiger partial charge in [0.1, 0.15) is 0 Å². The lowest BCUT2D eigenvalue weighted by Crippen LogP contribution is -2.36. The normalized spacial score (nSPS) is 33.0. The quantitative estimate of drug-likeness (QED) is 0.572. The molecule has 1 fully saturated rings. The predicted molar refractivity (Wildman–Crippen MR) is 40.9 cm³/mol. The molecule has 0 amide bonds. The molecule has 0 saturated carbocycles. The molecule has 1 atom stereocenters. The number of methoxy groups -OCH3 is 1. The molecule has 3 heteroatoms. The fourth-order valence-electron chi connectivity index (χ4n) is 1.47. The highest BCUT2D eigenvalue weighted by atomic mass is 16.5. The van der Waals surface area contributed by atoms with E-state index < -0.39 is 0 Å². The summed E-state index contributed by atoms with van der Waals surface area (Å²) in [4.78, 5) is 0. The summed E-state index contributed by atoms with van der Waals surface area (Å²) in [6.45, 7) is 2.74. The molecule has 1 saturated heterocycles. The fourth-order valence-corrected chi connectivity index (χ4v) is 1.47. The van der Waals surface area contributed by atoms with E-state index in [1.54, 1.807) is 7.11 Å². The van der Waals surface area contributed by atoms with E-state index >= 15 is 0 Å². The first-order chi connectivity index (χ1) is 4.83. The third kappa shape index (κ3) is 1.48. The van der Waals surface area contributed by atoms with Crippen molar-refractivity contribution in [2.24, 2.45) is 5.73 Å². The van der Waals surface area contributed by atoms with Crippen molar-refractivity contribution >= 4 is 0 Å². The topological polar surface area (TPSA) is 47.3 Å². The van der Waals surface area contributed by atoms with Crippen LogP contribution in [0.25, 0.3) is 0 Å². The summed E-state index contributed by atoms with van der Waals surface area (Å²) < 4.78 is 5.40. The van der Waals surface area contributed by atoms with Gasteiger partial charge >= 0.3 is 0 Å². The van der Waals surface area contributed by atoms with Crippen LogP contribution in [0.1, 0.15) is 12.8 Å². The summed E-state index contributed by atoms with van der Waals surface area (Å²) in [6, 6.07) is 0. The van der Waals surface area contributed by atoms with Gasteiger partial charge in [-0.2, -0.15) is 0 Å². The Morgan fingerprint density at radius 3 is 2.90 bits per heavy atom. The minimum Gasteiger partial charge on any atom is -0.377 e. The number of nitrogens with one attached hydrogen (secondary N) is 1. The van der Waals surface area contributed by atoms with Crippen LogP contribution in [0.15, 0.2) is 0 Å². The van der Waals surface area contributed by atoms with E-state index in [1.807, 2.05) is 0 Å². The second-order valence-corrected chi connectivity index (χ2v) is 2.85. The summed E-state index contributed by atoms with van der Waals surface area (Å²) in [5, 5.41) is 3.27. The highest BCUT2D eigenvalue weighted by molar-refractivity contribution is 4.89. The molecule has 0 spiro atoms. The van der Waals surface area contributed by atoms with Gasteiger partial charge in [-0.15, -0.1) is 0 Å². The molecule has 0 bridgehead atoms. The highest BCUT2D eigenvalue weighted by Crippen LogP contribution is 2.21. The number of ether oxygens (including phenoxy) is 1. The molecule has 1 heterocycles. The monoisotopic (exact) mass is 144 g/mol. The van der Waals surface area contributed by atoms with Crippen molar-refractivity contribution in [3.05, 3.63) is 0 Å². The summed E-state index contributed by atoms with van der Waals surface area (Å²) in [6.07, 6.45) is 2.07. The van der Waals surface area contributed by atoms with Crippen molar-refractivity contribution in [3.8, 4) is 0 Å². The third-order valence-electron chi connectivity index (χ3n) is 2.24. The second kappa shape index (κ2) is 3.32. The second-order valence-electron chi connectivity index (χ2n) is 2.85. The van der Waals surface area contributed by atoms with Crippen LogP contribution in [0.2, 0.25) is 0 Å². The van der Waals surface area contributed by atoms with Crippen LogP contribution < -0.4 is 11.1 Å². The van der Waals surface area contributed by atoms with Crippen molar-refractivity contribution in [1.82, 2.24) is 5.32 Å².